The van der Waals surface area contributed by atoms with Crippen LogP contribution in [0.2, 0.25) is 0 Å². The highest BCUT2D eigenvalue weighted by atomic mass is 32.2. The third kappa shape index (κ3) is 6.10. The fourth-order valence-corrected chi connectivity index (χ4v) is 7.29. The molecule has 5 heterocycles. The van der Waals surface area contributed by atoms with Crippen LogP contribution in [-0.4, -0.2) is 96.2 Å². The van der Waals surface area contributed by atoms with Crippen molar-refractivity contribution in [2.75, 3.05) is 31.1 Å². The van der Waals surface area contributed by atoms with Crippen molar-refractivity contribution in [3.63, 3.8) is 0 Å². The van der Waals surface area contributed by atoms with Gasteiger partial charge in [-0.2, -0.15) is 17.9 Å². The number of carbonyl (C=O) groups excluding carboxylic acids is 1. The van der Waals surface area contributed by atoms with E-state index in [0.29, 0.717) is 49.2 Å². The summed E-state index contributed by atoms with van der Waals surface area (Å²) < 4.78 is 83.8. The Labute approximate surface area is 249 Å². The average Bonchev–Trinajstić information content (AvgIpc) is 3.63. The lowest BCUT2D eigenvalue weighted by atomic mass is 10.0. The van der Waals surface area contributed by atoms with Gasteiger partial charge in [-0.1, -0.05) is 13.8 Å². The van der Waals surface area contributed by atoms with Gasteiger partial charge in [0.15, 0.2) is 5.60 Å². The Morgan fingerprint density at radius 3 is 2.42 bits per heavy atom. The van der Waals surface area contributed by atoms with Gasteiger partial charge in [0.1, 0.15) is 11.1 Å². The van der Waals surface area contributed by atoms with E-state index in [1.54, 1.807) is 6.07 Å². The van der Waals surface area contributed by atoms with Crippen molar-refractivity contribution in [1.29, 1.82) is 0 Å². The highest BCUT2D eigenvalue weighted by molar-refractivity contribution is 7.89. The quantitative estimate of drug-likeness (QED) is 0.477. The number of pyridine rings is 1. The van der Waals surface area contributed by atoms with Crippen molar-refractivity contribution >= 4 is 27.1 Å². The number of morpholine rings is 1. The van der Waals surface area contributed by atoms with Gasteiger partial charge in [-0.3, -0.25) is 9.20 Å². The molecule has 5 rings (SSSR count). The number of aromatic nitrogens is 2. The van der Waals surface area contributed by atoms with E-state index in [1.807, 2.05) is 39.5 Å². The zero-order valence-electron chi connectivity index (χ0n) is 25.0. The molecule has 2 N–H and O–H groups in total. The topological polar surface area (TPSA) is 126 Å². The monoisotopic (exact) mass is 631 g/mol. The molecule has 3 saturated heterocycles. The fraction of sp³-hybridized carbons (Fsp3) is 0.714. The molecule has 43 heavy (non-hydrogen) atoms. The van der Waals surface area contributed by atoms with Crippen molar-refractivity contribution in [2.45, 2.75) is 107 Å². The number of rotatable bonds is 7. The van der Waals surface area contributed by atoms with Crippen LogP contribution >= 0.6 is 0 Å². The van der Waals surface area contributed by atoms with Crippen LogP contribution in [0.25, 0.3) is 5.52 Å². The Morgan fingerprint density at radius 1 is 1.19 bits per heavy atom. The molecule has 3 aliphatic heterocycles. The molecule has 3 fully saturated rings. The number of imidazole rings is 1. The normalized spacial score (nSPS) is 29.5. The third-order valence-corrected chi connectivity index (χ3v) is 10.1. The van der Waals surface area contributed by atoms with Crippen LogP contribution in [0, 0.1) is 0 Å². The largest absolute Gasteiger partial charge is 0.419 e. The fourth-order valence-electron chi connectivity index (χ4n) is 6.12. The lowest BCUT2D eigenvalue weighted by Crippen LogP contribution is -2.48. The summed E-state index contributed by atoms with van der Waals surface area (Å²) in [5.41, 5.74) is -1.46. The maximum atomic E-state index is 13.8. The van der Waals surface area contributed by atoms with E-state index in [1.165, 1.54) is 10.6 Å². The number of sulfonamides is 1. The van der Waals surface area contributed by atoms with Gasteiger partial charge in [-0.15, -0.1) is 0 Å². The number of carbonyl (C=O) groups is 1. The van der Waals surface area contributed by atoms with E-state index in [9.17, 15) is 31.5 Å². The molecule has 0 spiro atoms. The first kappa shape index (κ1) is 31.9. The lowest BCUT2D eigenvalue weighted by molar-refractivity contribution is -0.253. The first-order chi connectivity index (χ1) is 20.0. The highest BCUT2D eigenvalue weighted by Gasteiger charge is 2.58. The summed E-state index contributed by atoms with van der Waals surface area (Å²) in [5.74, 6) is -1.20. The maximum absolute atomic E-state index is 13.8. The number of halogens is 3. The van der Waals surface area contributed by atoms with Gasteiger partial charge in [-0.25, -0.2) is 13.4 Å². The number of anilines is 1. The number of hydrogen-bond acceptors (Lipinski definition) is 8. The van der Waals surface area contributed by atoms with Crippen LogP contribution in [-0.2, 0) is 19.5 Å². The Hall–Kier alpha value is -2.46. The van der Waals surface area contributed by atoms with E-state index in [0.717, 1.165) is 4.90 Å². The molecule has 2 aromatic rings. The summed E-state index contributed by atoms with van der Waals surface area (Å²) in [4.78, 5) is 21.3. The number of fused-ring (bicyclic) bond motifs is 1. The Bertz CT molecular complexity index is 1470. The van der Waals surface area contributed by atoms with Crippen LogP contribution in [0.5, 0.6) is 0 Å². The Morgan fingerprint density at radius 2 is 1.86 bits per heavy atom. The van der Waals surface area contributed by atoms with Gasteiger partial charge >= 0.3 is 6.18 Å². The summed E-state index contributed by atoms with van der Waals surface area (Å²) in [6, 6.07) is 1.56. The second-order valence-corrected chi connectivity index (χ2v) is 13.9. The van der Waals surface area contributed by atoms with Crippen molar-refractivity contribution in [3.8, 4) is 0 Å². The molecule has 0 bridgehead atoms. The van der Waals surface area contributed by atoms with Gasteiger partial charge in [0.25, 0.3) is 5.91 Å². The number of amides is 1. The molecular formula is C28H40F3N5O6S. The highest BCUT2D eigenvalue weighted by Crippen LogP contribution is 2.39. The summed E-state index contributed by atoms with van der Waals surface area (Å²) in [5, 5.41) is 10.2. The zero-order chi connectivity index (χ0) is 31.5. The molecule has 6 atom stereocenters. The minimum Gasteiger partial charge on any atom is -0.379 e. The number of ether oxygens (including phenoxy) is 2. The Kier molecular flexibility index (Phi) is 8.53. The van der Waals surface area contributed by atoms with Gasteiger partial charge in [-0.05, 0) is 46.1 Å². The molecule has 2 aromatic heterocycles. The first-order valence-electron chi connectivity index (χ1n) is 14.8. The number of nitrogens with zero attached hydrogens (tertiary/aromatic N) is 4. The number of alkyl halides is 3. The zero-order valence-corrected chi connectivity index (χ0v) is 25.8. The van der Waals surface area contributed by atoms with Crippen molar-refractivity contribution in [2.24, 2.45) is 0 Å². The van der Waals surface area contributed by atoms with Crippen LogP contribution in [0.3, 0.4) is 0 Å². The van der Waals surface area contributed by atoms with E-state index in [4.69, 9.17) is 9.47 Å². The van der Waals surface area contributed by atoms with Crippen LogP contribution < -0.4 is 9.62 Å². The molecule has 3 aliphatic rings. The smallest absolute Gasteiger partial charge is 0.379 e. The second-order valence-electron chi connectivity index (χ2n) is 12.2. The Balaban J connectivity index is 1.67. The molecule has 3 unspecified atom stereocenters. The summed E-state index contributed by atoms with van der Waals surface area (Å²) in [6.45, 7) is 9.18. The number of likely N-dealkylation sites (tertiary alicyclic amines) is 1. The summed E-state index contributed by atoms with van der Waals surface area (Å²) in [6.07, 6.45) is -3.60. The molecule has 0 radical (unpaired) electrons. The summed E-state index contributed by atoms with van der Waals surface area (Å²) >= 11 is 0. The minimum absolute atomic E-state index is 0.103. The minimum atomic E-state index is -4.91. The predicted octanol–water partition coefficient (Wildman–Crippen LogP) is 3.40. The SMILES string of the molecule is CCC(C)c1nc(C(=O)N2CC[C@@](O)(C(F)(F)F)C2)n2cc(S(=O)(=O)NC3CCC(C)O3)cc(N3C[C@H](C)O[C@@H](C)C3)c12. The number of aliphatic hydroxyl groups is 1. The number of β-amino-alcohol motifs (C(OH)–C–C–N with tert-alkyl or cyclic N) is 1. The molecule has 240 valence electrons. The van der Waals surface area contributed by atoms with Gasteiger partial charge < -0.3 is 24.4 Å². The van der Waals surface area contributed by atoms with E-state index >= 15 is 0 Å². The number of hydrogen-bond donors (Lipinski definition) is 2. The number of nitrogens with one attached hydrogen (secondary N) is 1. The summed E-state index contributed by atoms with van der Waals surface area (Å²) in [7, 11) is -4.16. The third-order valence-electron chi connectivity index (χ3n) is 8.64. The second kappa shape index (κ2) is 11.5. The molecule has 15 heteroatoms. The first-order valence-corrected chi connectivity index (χ1v) is 16.2. The van der Waals surface area contributed by atoms with E-state index < -0.39 is 46.9 Å². The van der Waals surface area contributed by atoms with Gasteiger partial charge in [0.2, 0.25) is 15.8 Å². The van der Waals surface area contributed by atoms with Crippen LogP contribution in [0.15, 0.2) is 17.2 Å². The van der Waals surface area contributed by atoms with E-state index in [-0.39, 0.29) is 41.5 Å². The molecular weight excluding hydrogens is 591 g/mol. The molecule has 0 saturated carbocycles. The van der Waals surface area contributed by atoms with E-state index in [2.05, 4.69) is 9.71 Å². The molecule has 0 aliphatic carbocycles. The van der Waals surface area contributed by atoms with Crippen molar-refractivity contribution < 1.29 is 41.0 Å². The standard InChI is InChI=1S/C28H40F3N5O6S/c1-6-16(2)23-24-21(35-12-18(4)41-19(5)13-35)11-20(43(39,40)33-22-8-7-17(3)42-22)14-36(24)25(32-23)26(37)34-10-9-27(38,15-34)28(29,30)31/h11,14,16-19,22,33,38H,6-10,12-13,15H2,1-5H3/t16?,17?,18-,19-,22?,27-/m0/s1. The molecule has 1 amide bonds. The maximum Gasteiger partial charge on any atom is 0.419 e. The van der Waals surface area contributed by atoms with Gasteiger partial charge in [0.05, 0.1) is 41.8 Å². The lowest BCUT2D eigenvalue weighted by Gasteiger charge is -2.37. The van der Waals surface area contributed by atoms with Crippen molar-refractivity contribution in [3.05, 3.63) is 23.8 Å². The van der Waals surface area contributed by atoms with Gasteiger partial charge in [0, 0.05) is 38.2 Å². The molecule has 0 aromatic carbocycles. The predicted molar refractivity (Wildman–Crippen MR) is 152 cm³/mol. The van der Waals surface area contributed by atoms with Crippen molar-refractivity contribution in [1.82, 2.24) is 19.0 Å². The van der Waals surface area contributed by atoms with Crippen LogP contribution in [0.4, 0.5) is 18.9 Å². The molecule has 11 nitrogen and oxygen atoms in total. The van der Waals surface area contributed by atoms with Crippen LogP contribution in [0.1, 0.15) is 82.5 Å². The average molecular weight is 632 g/mol.